The highest BCUT2D eigenvalue weighted by atomic mass is 16.4. The molecule has 0 saturated carbocycles. The van der Waals surface area contributed by atoms with Crippen LogP contribution in [0.3, 0.4) is 0 Å². The van der Waals surface area contributed by atoms with Gasteiger partial charge in [-0.25, -0.2) is 0 Å². The Morgan fingerprint density at radius 1 is 1.35 bits per heavy atom. The molecule has 0 radical (unpaired) electrons. The summed E-state index contributed by atoms with van der Waals surface area (Å²) in [5, 5.41) is 14.5. The van der Waals surface area contributed by atoms with Crippen LogP contribution in [0.5, 0.6) is 0 Å². The minimum atomic E-state index is -0.181. The molecule has 0 aliphatic carbocycles. The van der Waals surface area contributed by atoms with Gasteiger partial charge >= 0.3 is 0 Å². The van der Waals surface area contributed by atoms with Crippen LogP contribution in [-0.2, 0) is 11.2 Å². The number of hydrogen-bond acceptors (Lipinski definition) is 3. The molecule has 5 nitrogen and oxygen atoms in total. The maximum absolute atomic E-state index is 12.0. The number of oxime groups is 1. The maximum Gasteiger partial charge on any atom is 0.224 e. The Bertz CT molecular complexity index is 478. The smallest absolute Gasteiger partial charge is 0.224 e. The van der Waals surface area contributed by atoms with Crippen LogP contribution in [0.15, 0.2) is 29.4 Å². The first-order valence-corrected chi connectivity index (χ1v) is 6.76. The number of nitrogens with two attached hydrogens (primary N) is 1. The number of carbonyl (C=O) groups is 1. The van der Waals surface area contributed by atoms with Gasteiger partial charge in [0.2, 0.25) is 5.91 Å². The molecule has 0 saturated heterocycles. The van der Waals surface area contributed by atoms with Crippen molar-refractivity contribution in [1.82, 2.24) is 5.32 Å². The fourth-order valence-corrected chi connectivity index (χ4v) is 2.15. The van der Waals surface area contributed by atoms with Gasteiger partial charge in [0.05, 0.1) is 6.42 Å². The second-order valence-corrected chi connectivity index (χ2v) is 5.54. The van der Waals surface area contributed by atoms with E-state index in [4.69, 9.17) is 10.9 Å². The number of amides is 1. The Balaban J connectivity index is 2.63. The van der Waals surface area contributed by atoms with E-state index in [0.29, 0.717) is 12.0 Å². The largest absolute Gasteiger partial charge is 0.409 e. The number of hydrogen-bond donors (Lipinski definition) is 3. The highest BCUT2D eigenvalue weighted by molar-refractivity contribution is 5.97. The lowest BCUT2D eigenvalue weighted by Gasteiger charge is -2.25. The highest BCUT2D eigenvalue weighted by Crippen LogP contribution is 2.11. The minimum absolute atomic E-state index is 0.00000257. The molecule has 0 heterocycles. The average Bonchev–Trinajstić information content (AvgIpc) is 2.37. The molecule has 0 aliphatic rings. The van der Waals surface area contributed by atoms with Gasteiger partial charge in [0.25, 0.3) is 0 Å². The number of carbonyl (C=O) groups excluding carboxylic acids is 1. The molecule has 1 aromatic rings. The van der Waals surface area contributed by atoms with Gasteiger partial charge in [-0.05, 0) is 25.8 Å². The zero-order valence-corrected chi connectivity index (χ0v) is 12.3. The molecule has 4 N–H and O–H groups in total. The van der Waals surface area contributed by atoms with Crippen molar-refractivity contribution in [2.24, 2.45) is 10.9 Å². The Morgan fingerprint density at radius 3 is 2.45 bits per heavy atom. The SMILES string of the molecule is CCCC(C)(C)NC(=O)Cc1ccc(/C(N)=N/O)cc1. The van der Waals surface area contributed by atoms with Crippen LogP contribution in [0, 0.1) is 0 Å². The summed E-state index contributed by atoms with van der Waals surface area (Å²) in [6.45, 7) is 6.14. The van der Waals surface area contributed by atoms with Crippen LogP contribution in [0.2, 0.25) is 0 Å². The molecule has 0 spiro atoms. The molecular formula is C15H23N3O2. The number of nitrogens with one attached hydrogen (secondary N) is 1. The molecule has 0 fully saturated rings. The van der Waals surface area contributed by atoms with E-state index in [1.807, 2.05) is 13.8 Å². The van der Waals surface area contributed by atoms with E-state index in [0.717, 1.165) is 18.4 Å². The van der Waals surface area contributed by atoms with Gasteiger partial charge in [0, 0.05) is 11.1 Å². The molecule has 0 aromatic heterocycles. The summed E-state index contributed by atoms with van der Waals surface area (Å²) in [6.07, 6.45) is 2.30. The van der Waals surface area contributed by atoms with Crippen molar-refractivity contribution < 1.29 is 10.0 Å². The van der Waals surface area contributed by atoms with Crippen LogP contribution in [-0.4, -0.2) is 22.5 Å². The lowest BCUT2D eigenvalue weighted by atomic mass is 9.98. The van der Waals surface area contributed by atoms with Crippen LogP contribution >= 0.6 is 0 Å². The van der Waals surface area contributed by atoms with Gasteiger partial charge in [-0.15, -0.1) is 0 Å². The topological polar surface area (TPSA) is 87.7 Å². The Hall–Kier alpha value is -2.04. The molecule has 1 aromatic carbocycles. The van der Waals surface area contributed by atoms with E-state index >= 15 is 0 Å². The number of benzene rings is 1. The highest BCUT2D eigenvalue weighted by Gasteiger charge is 2.19. The molecule has 20 heavy (non-hydrogen) atoms. The molecule has 1 rings (SSSR count). The predicted molar refractivity (Wildman–Crippen MR) is 79.8 cm³/mol. The van der Waals surface area contributed by atoms with Crippen molar-refractivity contribution in [2.75, 3.05) is 0 Å². The first kappa shape index (κ1) is 16.0. The van der Waals surface area contributed by atoms with Crippen molar-refractivity contribution in [1.29, 1.82) is 0 Å². The fraction of sp³-hybridized carbons (Fsp3) is 0.467. The minimum Gasteiger partial charge on any atom is -0.409 e. The van der Waals surface area contributed by atoms with Crippen molar-refractivity contribution in [3.8, 4) is 0 Å². The summed E-state index contributed by atoms with van der Waals surface area (Å²) in [6, 6.07) is 7.07. The quantitative estimate of drug-likeness (QED) is 0.322. The summed E-state index contributed by atoms with van der Waals surface area (Å²) in [4.78, 5) is 12.0. The molecule has 0 atom stereocenters. The zero-order chi connectivity index (χ0) is 15.2. The van der Waals surface area contributed by atoms with Crippen molar-refractivity contribution in [2.45, 2.75) is 45.6 Å². The van der Waals surface area contributed by atoms with E-state index in [1.165, 1.54) is 0 Å². The average molecular weight is 277 g/mol. The van der Waals surface area contributed by atoms with Gasteiger partial charge in [0.1, 0.15) is 0 Å². The molecule has 0 aliphatic heterocycles. The summed E-state index contributed by atoms with van der Waals surface area (Å²) in [7, 11) is 0. The van der Waals surface area contributed by atoms with Crippen molar-refractivity contribution >= 4 is 11.7 Å². The predicted octanol–water partition coefficient (Wildman–Crippen LogP) is 2.02. The first-order valence-electron chi connectivity index (χ1n) is 6.76. The Morgan fingerprint density at radius 2 is 1.95 bits per heavy atom. The van der Waals surface area contributed by atoms with E-state index in [1.54, 1.807) is 24.3 Å². The second-order valence-electron chi connectivity index (χ2n) is 5.54. The normalized spacial score (nSPS) is 12.2. The standard InChI is InChI=1S/C15H23N3O2/c1-4-9-15(2,3)17-13(19)10-11-5-7-12(8-6-11)14(16)18-20/h5-8,20H,4,9-10H2,1-3H3,(H2,16,18)(H,17,19). The van der Waals surface area contributed by atoms with Gasteiger partial charge in [0.15, 0.2) is 5.84 Å². The summed E-state index contributed by atoms with van der Waals surface area (Å²) < 4.78 is 0. The first-order chi connectivity index (χ1) is 9.38. The van der Waals surface area contributed by atoms with Gasteiger partial charge < -0.3 is 16.3 Å². The van der Waals surface area contributed by atoms with Crippen LogP contribution in [0.4, 0.5) is 0 Å². The third-order valence-electron chi connectivity index (χ3n) is 3.07. The number of nitrogens with zero attached hydrogens (tertiary/aromatic N) is 1. The molecule has 1 amide bonds. The number of rotatable bonds is 6. The summed E-state index contributed by atoms with van der Waals surface area (Å²) >= 11 is 0. The summed E-state index contributed by atoms with van der Waals surface area (Å²) in [5.41, 5.74) is 6.82. The van der Waals surface area contributed by atoms with Gasteiger partial charge in [-0.1, -0.05) is 42.8 Å². The van der Waals surface area contributed by atoms with E-state index < -0.39 is 0 Å². The lowest BCUT2D eigenvalue weighted by molar-refractivity contribution is -0.122. The third-order valence-corrected chi connectivity index (χ3v) is 3.07. The maximum atomic E-state index is 12.0. The Labute approximate surface area is 119 Å². The molecular weight excluding hydrogens is 254 g/mol. The monoisotopic (exact) mass is 277 g/mol. The molecule has 0 bridgehead atoms. The van der Waals surface area contributed by atoms with Crippen molar-refractivity contribution in [3.05, 3.63) is 35.4 Å². The fourth-order valence-electron chi connectivity index (χ4n) is 2.15. The molecule has 110 valence electrons. The lowest BCUT2D eigenvalue weighted by Crippen LogP contribution is -2.43. The Kier molecular flexibility index (Phi) is 5.55. The second kappa shape index (κ2) is 6.93. The number of amidine groups is 1. The van der Waals surface area contributed by atoms with Gasteiger partial charge in [-0.3, -0.25) is 4.79 Å². The molecule has 0 unspecified atom stereocenters. The van der Waals surface area contributed by atoms with Gasteiger partial charge in [-0.2, -0.15) is 0 Å². The van der Waals surface area contributed by atoms with Crippen molar-refractivity contribution in [3.63, 3.8) is 0 Å². The van der Waals surface area contributed by atoms with E-state index in [9.17, 15) is 4.79 Å². The molecule has 5 heteroatoms. The van der Waals surface area contributed by atoms with Crippen LogP contribution in [0.25, 0.3) is 0 Å². The van der Waals surface area contributed by atoms with Crippen LogP contribution < -0.4 is 11.1 Å². The van der Waals surface area contributed by atoms with Crippen LogP contribution in [0.1, 0.15) is 44.7 Å². The third kappa shape index (κ3) is 4.91. The summed E-state index contributed by atoms with van der Waals surface area (Å²) in [5.74, 6) is 0.0603. The van der Waals surface area contributed by atoms with E-state index in [2.05, 4.69) is 17.4 Å². The van der Waals surface area contributed by atoms with E-state index in [-0.39, 0.29) is 17.3 Å². The zero-order valence-electron chi connectivity index (χ0n) is 12.3.